The van der Waals surface area contributed by atoms with Crippen molar-refractivity contribution in [2.75, 3.05) is 46.4 Å². The lowest BCUT2D eigenvalue weighted by Crippen LogP contribution is -2.43. The van der Waals surface area contributed by atoms with Crippen LogP contribution in [-0.4, -0.2) is 64.5 Å². The highest BCUT2D eigenvalue weighted by Gasteiger charge is 2.31. The molecule has 216 valence electrons. The van der Waals surface area contributed by atoms with E-state index in [4.69, 9.17) is 10.5 Å². The second-order valence-corrected chi connectivity index (χ2v) is 12.3. The van der Waals surface area contributed by atoms with Crippen LogP contribution in [0.3, 0.4) is 0 Å². The number of methoxy groups -OCH3 is 1. The molecule has 6 N–H and O–H groups in total. The predicted molar refractivity (Wildman–Crippen MR) is 160 cm³/mol. The number of nitrogens with two attached hydrogens (primary N) is 1. The Morgan fingerprint density at radius 1 is 0.684 bits per heavy atom. The van der Waals surface area contributed by atoms with Crippen LogP contribution >= 0.6 is 0 Å². The molecular weight excluding hydrogens is 470 g/mol. The van der Waals surface area contributed by atoms with Crippen LogP contribution < -0.4 is 31.7 Å². The maximum absolute atomic E-state index is 5.92. The van der Waals surface area contributed by atoms with Crippen LogP contribution in [0.5, 0.6) is 5.75 Å². The number of rotatable bonds is 18. The molecule has 0 saturated heterocycles. The highest BCUT2D eigenvalue weighted by atomic mass is 16.5. The van der Waals surface area contributed by atoms with Crippen LogP contribution in [0.2, 0.25) is 0 Å². The standard InChI is InChI=1S/C32H57N5O/c1-38-29-17-15-25(16-18-29)8-7-21-36-31-13-6-11-28(31)24-37-32-14-5-10-27(32)23-34-19-2-3-20-35-30-12-4-9-26(30)22-33/h15-18,26-28,30-32,34-37H,2-14,19-24,33H2,1H3/t26-,27+,28?,30+,31+,32-/m0/s1. The quantitative estimate of drug-likeness (QED) is 0.184. The Morgan fingerprint density at radius 3 is 1.95 bits per heavy atom. The number of unbranched alkanes of at least 4 members (excludes halogenated alkanes) is 1. The molecule has 0 bridgehead atoms. The average molecular weight is 528 g/mol. The summed E-state index contributed by atoms with van der Waals surface area (Å²) in [4.78, 5) is 0. The summed E-state index contributed by atoms with van der Waals surface area (Å²) in [7, 11) is 1.73. The summed E-state index contributed by atoms with van der Waals surface area (Å²) in [6, 6.07) is 10.6. The Kier molecular flexibility index (Phi) is 13.2. The second-order valence-electron chi connectivity index (χ2n) is 12.3. The van der Waals surface area contributed by atoms with Crippen LogP contribution in [0.1, 0.15) is 82.6 Å². The number of benzene rings is 1. The van der Waals surface area contributed by atoms with Crippen molar-refractivity contribution < 1.29 is 4.74 Å². The lowest BCUT2D eigenvalue weighted by atomic mass is 9.99. The third kappa shape index (κ3) is 9.48. The van der Waals surface area contributed by atoms with Crippen molar-refractivity contribution in [3.8, 4) is 5.75 Å². The minimum absolute atomic E-state index is 0.673. The molecule has 1 unspecified atom stereocenters. The fourth-order valence-corrected chi connectivity index (χ4v) is 7.31. The first-order chi connectivity index (χ1) is 18.8. The van der Waals surface area contributed by atoms with Crippen LogP contribution in [0.25, 0.3) is 0 Å². The summed E-state index contributed by atoms with van der Waals surface area (Å²) >= 11 is 0. The van der Waals surface area contributed by atoms with E-state index in [1.54, 1.807) is 7.11 Å². The van der Waals surface area contributed by atoms with Gasteiger partial charge in [-0.3, -0.25) is 0 Å². The van der Waals surface area contributed by atoms with E-state index in [-0.39, 0.29) is 0 Å². The molecule has 0 aromatic heterocycles. The number of nitrogens with one attached hydrogen (secondary N) is 4. The zero-order valence-electron chi connectivity index (χ0n) is 24.2. The minimum atomic E-state index is 0.673. The van der Waals surface area contributed by atoms with Crippen molar-refractivity contribution in [1.82, 2.24) is 21.3 Å². The van der Waals surface area contributed by atoms with E-state index in [1.807, 2.05) is 0 Å². The van der Waals surface area contributed by atoms with E-state index in [9.17, 15) is 0 Å². The van der Waals surface area contributed by atoms with Gasteiger partial charge in [-0.15, -0.1) is 0 Å². The van der Waals surface area contributed by atoms with Gasteiger partial charge in [0.2, 0.25) is 0 Å². The van der Waals surface area contributed by atoms with Crippen molar-refractivity contribution in [1.29, 1.82) is 0 Å². The lowest BCUT2D eigenvalue weighted by Gasteiger charge is -2.26. The predicted octanol–water partition coefficient (Wildman–Crippen LogP) is 4.23. The van der Waals surface area contributed by atoms with E-state index in [2.05, 4.69) is 45.5 Å². The third-order valence-corrected chi connectivity index (χ3v) is 9.72. The normalized spacial score (nSPS) is 29.3. The molecule has 3 saturated carbocycles. The van der Waals surface area contributed by atoms with Crippen molar-refractivity contribution >= 4 is 0 Å². The van der Waals surface area contributed by atoms with Gasteiger partial charge in [0, 0.05) is 18.1 Å². The first-order valence-corrected chi connectivity index (χ1v) is 16.0. The van der Waals surface area contributed by atoms with Crippen LogP contribution in [0, 0.1) is 17.8 Å². The molecule has 0 radical (unpaired) electrons. The van der Waals surface area contributed by atoms with Gasteiger partial charge in [0.15, 0.2) is 0 Å². The zero-order valence-corrected chi connectivity index (χ0v) is 24.2. The van der Waals surface area contributed by atoms with Crippen LogP contribution in [-0.2, 0) is 6.42 Å². The number of aryl methyl sites for hydroxylation is 1. The van der Waals surface area contributed by atoms with Gasteiger partial charge >= 0.3 is 0 Å². The van der Waals surface area contributed by atoms with Gasteiger partial charge < -0.3 is 31.7 Å². The molecule has 0 heterocycles. The van der Waals surface area contributed by atoms with Crippen LogP contribution in [0.4, 0.5) is 0 Å². The molecule has 3 aliphatic rings. The minimum Gasteiger partial charge on any atom is -0.497 e. The van der Waals surface area contributed by atoms with Gasteiger partial charge in [0.25, 0.3) is 0 Å². The Labute approximate surface area is 233 Å². The Balaban J connectivity index is 1.04. The monoisotopic (exact) mass is 527 g/mol. The van der Waals surface area contributed by atoms with E-state index in [0.29, 0.717) is 24.0 Å². The summed E-state index contributed by atoms with van der Waals surface area (Å²) < 4.78 is 5.27. The van der Waals surface area contributed by atoms with Crippen LogP contribution in [0.15, 0.2) is 24.3 Å². The molecule has 6 heteroatoms. The highest BCUT2D eigenvalue weighted by Crippen LogP contribution is 2.29. The first-order valence-electron chi connectivity index (χ1n) is 16.0. The molecule has 1 aromatic carbocycles. The molecule has 38 heavy (non-hydrogen) atoms. The van der Waals surface area contributed by atoms with E-state index < -0.39 is 0 Å². The third-order valence-electron chi connectivity index (χ3n) is 9.72. The average Bonchev–Trinajstić information content (AvgIpc) is 3.71. The molecule has 0 spiro atoms. The van der Waals surface area contributed by atoms with Crippen molar-refractivity contribution in [2.24, 2.45) is 23.5 Å². The summed E-state index contributed by atoms with van der Waals surface area (Å²) in [6.45, 7) is 6.64. The van der Waals surface area contributed by atoms with Gasteiger partial charge in [-0.2, -0.15) is 0 Å². The first kappa shape index (κ1) is 29.8. The van der Waals surface area contributed by atoms with E-state index in [0.717, 1.165) is 50.2 Å². The molecule has 4 rings (SSSR count). The SMILES string of the molecule is COc1ccc(CCCN[C@@H]2CCCC2CN[C@H]2CCC[C@@H]2CNCCCCN[C@@H]2CCC[C@H]2CN)cc1. The van der Waals surface area contributed by atoms with Gasteiger partial charge in [0.1, 0.15) is 5.75 Å². The summed E-state index contributed by atoms with van der Waals surface area (Å²) in [5.74, 6) is 3.24. The van der Waals surface area contributed by atoms with Gasteiger partial charge in [-0.25, -0.2) is 0 Å². The lowest BCUT2D eigenvalue weighted by molar-refractivity contribution is 0.323. The fraction of sp³-hybridized carbons (Fsp3) is 0.812. The van der Waals surface area contributed by atoms with E-state index in [1.165, 1.54) is 95.7 Å². The largest absolute Gasteiger partial charge is 0.497 e. The highest BCUT2D eigenvalue weighted by molar-refractivity contribution is 5.27. The van der Waals surface area contributed by atoms with Crippen molar-refractivity contribution in [3.05, 3.63) is 29.8 Å². The smallest absolute Gasteiger partial charge is 0.118 e. The topological polar surface area (TPSA) is 83.4 Å². The molecule has 3 aliphatic carbocycles. The number of hydrogen-bond donors (Lipinski definition) is 5. The molecule has 6 atom stereocenters. The van der Waals surface area contributed by atoms with E-state index >= 15 is 0 Å². The van der Waals surface area contributed by atoms with Gasteiger partial charge in [0.05, 0.1) is 7.11 Å². The Morgan fingerprint density at radius 2 is 1.26 bits per heavy atom. The number of hydrogen-bond acceptors (Lipinski definition) is 6. The summed E-state index contributed by atoms with van der Waals surface area (Å²) in [6.07, 6.45) is 17.1. The molecule has 3 fully saturated rings. The maximum atomic E-state index is 5.92. The Bertz CT molecular complexity index is 759. The summed E-state index contributed by atoms with van der Waals surface area (Å²) in [5, 5.41) is 15.5. The maximum Gasteiger partial charge on any atom is 0.118 e. The molecule has 1 aromatic rings. The second kappa shape index (κ2) is 16.8. The summed E-state index contributed by atoms with van der Waals surface area (Å²) in [5.41, 5.74) is 7.32. The van der Waals surface area contributed by atoms with Gasteiger partial charge in [-0.05, 0) is 139 Å². The fourth-order valence-electron chi connectivity index (χ4n) is 7.31. The molecular formula is C32H57N5O. The zero-order chi connectivity index (χ0) is 26.4. The molecule has 0 aliphatic heterocycles. The van der Waals surface area contributed by atoms with Gasteiger partial charge in [-0.1, -0.05) is 31.4 Å². The van der Waals surface area contributed by atoms with Crippen molar-refractivity contribution in [2.45, 2.75) is 102 Å². The number of ether oxygens (including phenoxy) is 1. The molecule has 6 nitrogen and oxygen atoms in total. The van der Waals surface area contributed by atoms with Crippen molar-refractivity contribution in [3.63, 3.8) is 0 Å². The Hall–Kier alpha value is -1.18. The molecule has 0 amide bonds.